The third-order valence-electron chi connectivity index (χ3n) is 3.12. The van der Waals surface area contributed by atoms with Crippen LogP contribution in [-0.2, 0) is 0 Å². The molecule has 2 atom stereocenters. The first-order valence-electron chi connectivity index (χ1n) is 5.61. The van der Waals surface area contributed by atoms with Crippen LogP contribution in [0, 0.1) is 0 Å². The predicted octanol–water partition coefficient (Wildman–Crippen LogP) is 2.32. The van der Waals surface area contributed by atoms with E-state index in [0.717, 1.165) is 13.1 Å². The zero-order valence-electron chi connectivity index (χ0n) is 10.2. The van der Waals surface area contributed by atoms with Gasteiger partial charge in [-0.25, -0.2) is 0 Å². The van der Waals surface area contributed by atoms with Crippen molar-refractivity contribution in [3.8, 4) is 0 Å². The van der Waals surface area contributed by atoms with E-state index in [9.17, 15) is 0 Å². The van der Waals surface area contributed by atoms with Crippen LogP contribution in [0.5, 0.6) is 0 Å². The molecule has 2 heteroatoms. The largest absolute Gasteiger partial charge is 0.372 e. The Hall–Kier alpha value is -0.500. The Morgan fingerprint density at radius 3 is 1.93 bits per heavy atom. The van der Waals surface area contributed by atoms with Gasteiger partial charge in [0, 0.05) is 36.9 Å². The fraction of sp³-hybridized carbons (Fsp3) is 0.833. The Morgan fingerprint density at radius 2 is 1.64 bits per heavy atom. The van der Waals surface area contributed by atoms with Crippen molar-refractivity contribution in [2.24, 2.45) is 0 Å². The van der Waals surface area contributed by atoms with Crippen LogP contribution in [0.2, 0.25) is 0 Å². The standard InChI is InChI=1S/C12H24N2/c1-9(2)13-7-11(5)14(10(3)4)12(6)8-13/h10-12H,1,7-8H2,2-6H3/t11-,12-/m0/s1. The highest BCUT2D eigenvalue weighted by Crippen LogP contribution is 2.20. The molecule has 1 heterocycles. The molecule has 0 spiro atoms. The van der Waals surface area contributed by atoms with Gasteiger partial charge in [-0.1, -0.05) is 6.58 Å². The van der Waals surface area contributed by atoms with Crippen molar-refractivity contribution >= 4 is 0 Å². The molecule has 0 aliphatic carbocycles. The van der Waals surface area contributed by atoms with E-state index in [-0.39, 0.29) is 0 Å². The third-order valence-corrected chi connectivity index (χ3v) is 3.12. The molecule has 0 unspecified atom stereocenters. The second kappa shape index (κ2) is 4.35. The number of hydrogen-bond acceptors (Lipinski definition) is 2. The van der Waals surface area contributed by atoms with Crippen LogP contribution in [0.4, 0.5) is 0 Å². The molecule has 0 bridgehead atoms. The molecule has 82 valence electrons. The molecule has 0 amide bonds. The van der Waals surface area contributed by atoms with E-state index >= 15 is 0 Å². The minimum atomic E-state index is 0.635. The van der Waals surface area contributed by atoms with Gasteiger partial charge in [-0.3, -0.25) is 4.90 Å². The fourth-order valence-corrected chi connectivity index (χ4v) is 2.67. The molecule has 0 aromatic rings. The molecule has 0 aromatic carbocycles. The summed E-state index contributed by atoms with van der Waals surface area (Å²) in [7, 11) is 0. The topological polar surface area (TPSA) is 6.48 Å². The highest BCUT2D eigenvalue weighted by molar-refractivity contribution is 4.97. The summed E-state index contributed by atoms with van der Waals surface area (Å²) in [5.41, 5.74) is 1.20. The molecule has 0 N–H and O–H groups in total. The molecular weight excluding hydrogens is 172 g/mol. The smallest absolute Gasteiger partial charge is 0.0329 e. The average molecular weight is 196 g/mol. The molecular formula is C12H24N2. The van der Waals surface area contributed by atoms with Crippen molar-refractivity contribution in [2.45, 2.75) is 52.7 Å². The van der Waals surface area contributed by atoms with Gasteiger partial charge in [0.15, 0.2) is 0 Å². The van der Waals surface area contributed by atoms with Gasteiger partial charge >= 0.3 is 0 Å². The average Bonchev–Trinajstić information content (AvgIpc) is 2.01. The summed E-state index contributed by atoms with van der Waals surface area (Å²) in [6, 6.07) is 1.91. The third kappa shape index (κ3) is 2.30. The molecule has 1 fully saturated rings. The quantitative estimate of drug-likeness (QED) is 0.669. The van der Waals surface area contributed by atoms with E-state index in [1.54, 1.807) is 0 Å². The Kier molecular flexibility index (Phi) is 3.59. The lowest BCUT2D eigenvalue weighted by Gasteiger charge is -2.47. The first-order valence-corrected chi connectivity index (χ1v) is 5.61. The number of allylic oxidation sites excluding steroid dienone is 1. The Balaban J connectivity index is 2.67. The van der Waals surface area contributed by atoms with Crippen molar-refractivity contribution in [3.63, 3.8) is 0 Å². The zero-order chi connectivity index (χ0) is 10.9. The summed E-state index contributed by atoms with van der Waals surface area (Å²) in [5.74, 6) is 0. The summed E-state index contributed by atoms with van der Waals surface area (Å²) in [5, 5.41) is 0. The lowest BCUT2D eigenvalue weighted by Crippen LogP contribution is -2.58. The molecule has 1 aliphatic rings. The number of nitrogens with zero attached hydrogens (tertiary/aromatic N) is 2. The first-order chi connectivity index (χ1) is 6.43. The highest BCUT2D eigenvalue weighted by Gasteiger charge is 2.30. The van der Waals surface area contributed by atoms with E-state index in [1.165, 1.54) is 5.70 Å². The summed E-state index contributed by atoms with van der Waals surface area (Å²) in [6.45, 7) is 17.6. The summed E-state index contributed by atoms with van der Waals surface area (Å²) < 4.78 is 0. The maximum Gasteiger partial charge on any atom is 0.0329 e. The van der Waals surface area contributed by atoms with Gasteiger partial charge in [0.1, 0.15) is 0 Å². The van der Waals surface area contributed by atoms with Gasteiger partial charge in [-0.15, -0.1) is 0 Å². The normalized spacial score (nSPS) is 29.7. The molecule has 0 saturated carbocycles. The Morgan fingerprint density at radius 1 is 1.21 bits per heavy atom. The fourth-order valence-electron chi connectivity index (χ4n) is 2.67. The first kappa shape index (κ1) is 11.6. The van der Waals surface area contributed by atoms with E-state index in [2.05, 4.69) is 51.0 Å². The number of rotatable bonds is 2. The minimum absolute atomic E-state index is 0.635. The van der Waals surface area contributed by atoms with Crippen molar-refractivity contribution in [3.05, 3.63) is 12.3 Å². The maximum absolute atomic E-state index is 4.02. The monoisotopic (exact) mass is 196 g/mol. The van der Waals surface area contributed by atoms with Crippen LogP contribution in [0.15, 0.2) is 12.3 Å². The SMILES string of the molecule is C=C(C)N1C[C@H](C)N(C(C)C)[C@@H](C)C1. The summed E-state index contributed by atoms with van der Waals surface area (Å²) in [6.07, 6.45) is 0. The molecule has 0 radical (unpaired) electrons. The molecule has 1 rings (SSSR count). The van der Waals surface area contributed by atoms with Crippen molar-refractivity contribution in [1.29, 1.82) is 0 Å². The molecule has 14 heavy (non-hydrogen) atoms. The van der Waals surface area contributed by atoms with Crippen LogP contribution in [-0.4, -0.2) is 41.0 Å². The minimum Gasteiger partial charge on any atom is -0.372 e. The highest BCUT2D eigenvalue weighted by atomic mass is 15.3. The van der Waals surface area contributed by atoms with Gasteiger partial charge in [-0.05, 0) is 34.6 Å². The van der Waals surface area contributed by atoms with Gasteiger partial charge < -0.3 is 4.90 Å². The molecule has 1 saturated heterocycles. The molecule has 2 nitrogen and oxygen atoms in total. The Labute approximate surface area is 88.6 Å². The molecule has 1 aliphatic heterocycles. The zero-order valence-corrected chi connectivity index (χ0v) is 10.2. The van der Waals surface area contributed by atoms with E-state index < -0.39 is 0 Å². The predicted molar refractivity (Wildman–Crippen MR) is 62.3 cm³/mol. The van der Waals surface area contributed by atoms with Crippen molar-refractivity contribution < 1.29 is 0 Å². The summed E-state index contributed by atoms with van der Waals surface area (Å²) >= 11 is 0. The van der Waals surface area contributed by atoms with Gasteiger partial charge in [0.05, 0.1) is 0 Å². The van der Waals surface area contributed by atoms with Gasteiger partial charge in [-0.2, -0.15) is 0 Å². The lowest BCUT2D eigenvalue weighted by molar-refractivity contribution is 0.0314. The lowest BCUT2D eigenvalue weighted by atomic mass is 10.1. The second-order valence-electron chi connectivity index (χ2n) is 4.88. The van der Waals surface area contributed by atoms with Crippen LogP contribution >= 0.6 is 0 Å². The van der Waals surface area contributed by atoms with E-state index in [0.29, 0.717) is 18.1 Å². The molecule has 0 aromatic heterocycles. The van der Waals surface area contributed by atoms with Crippen LogP contribution in [0.25, 0.3) is 0 Å². The Bertz CT molecular complexity index is 198. The summed E-state index contributed by atoms with van der Waals surface area (Å²) in [4.78, 5) is 4.99. The van der Waals surface area contributed by atoms with Crippen LogP contribution in [0.3, 0.4) is 0 Å². The van der Waals surface area contributed by atoms with Crippen molar-refractivity contribution in [1.82, 2.24) is 9.80 Å². The van der Waals surface area contributed by atoms with E-state index in [4.69, 9.17) is 0 Å². The van der Waals surface area contributed by atoms with Crippen LogP contribution in [0.1, 0.15) is 34.6 Å². The van der Waals surface area contributed by atoms with Crippen LogP contribution < -0.4 is 0 Å². The van der Waals surface area contributed by atoms with Gasteiger partial charge in [0.2, 0.25) is 0 Å². The maximum atomic E-state index is 4.02. The van der Waals surface area contributed by atoms with Gasteiger partial charge in [0.25, 0.3) is 0 Å². The number of hydrogen-bond donors (Lipinski definition) is 0. The van der Waals surface area contributed by atoms with E-state index in [1.807, 2.05) is 0 Å². The van der Waals surface area contributed by atoms with Crippen molar-refractivity contribution in [2.75, 3.05) is 13.1 Å². The second-order valence-corrected chi connectivity index (χ2v) is 4.88. The number of piperazine rings is 1.